The Kier molecular flexibility index (Phi) is 3.96. The molecule has 0 aliphatic rings. The van der Waals surface area contributed by atoms with E-state index in [-0.39, 0.29) is 15.0 Å². The molecule has 0 heterocycles. The second-order valence-corrected chi connectivity index (χ2v) is 4.86. The molecule has 0 spiro atoms. The van der Waals surface area contributed by atoms with Gasteiger partial charge in [-0.1, -0.05) is 0 Å². The van der Waals surface area contributed by atoms with Crippen LogP contribution < -0.4 is 10.2 Å². The Morgan fingerprint density at radius 2 is 2.08 bits per heavy atom. The molecule has 0 fully saturated rings. The Bertz CT molecular complexity index is 276. The van der Waals surface area contributed by atoms with Gasteiger partial charge in [0.25, 0.3) is 0 Å². The Hall–Kier alpha value is -0.831. The van der Waals surface area contributed by atoms with E-state index in [9.17, 15) is 4.79 Å². The Balaban J connectivity index is 2.39. The number of benzene rings is 1. The van der Waals surface area contributed by atoms with Gasteiger partial charge in [-0.3, -0.25) is 0 Å². The van der Waals surface area contributed by atoms with Crippen LogP contribution in [0.25, 0.3) is 0 Å². The van der Waals surface area contributed by atoms with Crippen molar-refractivity contribution in [2.75, 3.05) is 0 Å². The fourth-order valence-electron chi connectivity index (χ4n) is 0.774. The van der Waals surface area contributed by atoms with Gasteiger partial charge in [-0.15, -0.1) is 0 Å². The molecule has 1 aromatic rings. The third kappa shape index (κ3) is 3.59. The molecule has 1 rings (SSSR count). The topological polar surface area (TPSA) is 63.3 Å². The fourth-order valence-corrected chi connectivity index (χ4v) is 2.59. The Morgan fingerprint density at radius 3 is 2.62 bits per heavy atom. The zero-order valence-electron chi connectivity index (χ0n) is 7.01. The van der Waals surface area contributed by atoms with Crippen LogP contribution in [0.4, 0.5) is 0 Å². The van der Waals surface area contributed by atoms with Gasteiger partial charge in [-0.2, -0.15) is 0 Å². The summed E-state index contributed by atoms with van der Waals surface area (Å²) in [5.74, 6) is -0.919. The molecular formula is C9H11NO2Se. The number of hydrogen-bond donors (Lipinski definition) is 2. The molecule has 13 heavy (non-hydrogen) atoms. The van der Waals surface area contributed by atoms with Crippen LogP contribution in [0, 0.1) is 0 Å². The van der Waals surface area contributed by atoms with Crippen LogP contribution in [0.3, 0.4) is 0 Å². The summed E-state index contributed by atoms with van der Waals surface area (Å²) in [5.41, 5.74) is 5.38. The predicted molar refractivity (Wildman–Crippen MR) is 52.2 cm³/mol. The summed E-state index contributed by atoms with van der Waals surface area (Å²) in [4.78, 5) is 10.4. The average Bonchev–Trinajstić information content (AvgIpc) is 2.15. The van der Waals surface area contributed by atoms with E-state index < -0.39 is 12.0 Å². The van der Waals surface area contributed by atoms with Gasteiger partial charge in [-0.05, 0) is 0 Å². The first-order chi connectivity index (χ1) is 6.20. The number of rotatable bonds is 4. The van der Waals surface area contributed by atoms with Gasteiger partial charge in [0, 0.05) is 0 Å². The second kappa shape index (κ2) is 5.02. The van der Waals surface area contributed by atoms with Crippen LogP contribution in [0.5, 0.6) is 0 Å². The van der Waals surface area contributed by atoms with E-state index in [2.05, 4.69) is 0 Å². The van der Waals surface area contributed by atoms with Gasteiger partial charge in [0.15, 0.2) is 0 Å². The van der Waals surface area contributed by atoms with Crippen molar-refractivity contribution in [1.29, 1.82) is 0 Å². The molecule has 4 heteroatoms. The average molecular weight is 244 g/mol. The van der Waals surface area contributed by atoms with E-state index in [1.807, 2.05) is 30.3 Å². The zero-order chi connectivity index (χ0) is 9.68. The van der Waals surface area contributed by atoms with E-state index in [1.165, 1.54) is 4.46 Å². The summed E-state index contributed by atoms with van der Waals surface area (Å²) in [5, 5.41) is 9.09. The summed E-state index contributed by atoms with van der Waals surface area (Å²) in [7, 11) is 0. The van der Waals surface area contributed by atoms with Crippen LogP contribution >= 0.6 is 0 Å². The van der Waals surface area contributed by atoms with Crippen LogP contribution in [0.1, 0.15) is 0 Å². The molecular weight excluding hydrogens is 233 g/mol. The van der Waals surface area contributed by atoms with E-state index in [0.717, 1.165) is 0 Å². The minimum absolute atomic E-state index is 0.166. The van der Waals surface area contributed by atoms with Crippen molar-refractivity contribution >= 4 is 25.4 Å². The van der Waals surface area contributed by atoms with Crippen LogP contribution in [0.2, 0.25) is 5.32 Å². The van der Waals surface area contributed by atoms with E-state index >= 15 is 0 Å². The molecule has 1 aromatic carbocycles. The summed E-state index contributed by atoms with van der Waals surface area (Å²) in [6.45, 7) is 0. The third-order valence-electron chi connectivity index (χ3n) is 1.49. The third-order valence-corrected chi connectivity index (χ3v) is 3.86. The van der Waals surface area contributed by atoms with Crippen LogP contribution in [0.15, 0.2) is 30.3 Å². The summed E-state index contributed by atoms with van der Waals surface area (Å²) < 4.78 is 1.19. The quantitative estimate of drug-likeness (QED) is 0.724. The second-order valence-electron chi connectivity index (χ2n) is 2.57. The normalized spacial score (nSPS) is 12.4. The van der Waals surface area contributed by atoms with Gasteiger partial charge < -0.3 is 0 Å². The van der Waals surface area contributed by atoms with Crippen molar-refractivity contribution < 1.29 is 9.90 Å². The van der Waals surface area contributed by atoms with Gasteiger partial charge >= 0.3 is 82.7 Å². The van der Waals surface area contributed by atoms with Gasteiger partial charge in [0.2, 0.25) is 0 Å². The van der Waals surface area contributed by atoms with Gasteiger partial charge in [0.1, 0.15) is 0 Å². The standard InChI is InChI=1S/C9H11NO2Se/c10-8(9(11)12)6-13-7-4-2-1-3-5-7/h1-5,8H,6,10H2,(H,11,12)/t8-/m0/s1. The molecule has 0 aromatic heterocycles. The SMILES string of the molecule is N[C@@H](C[Se]c1ccccc1)C(=O)O. The molecule has 3 nitrogen and oxygen atoms in total. The van der Waals surface area contributed by atoms with Crippen LogP contribution in [-0.4, -0.2) is 32.1 Å². The summed E-state index contributed by atoms with van der Waals surface area (Å²) >= 11 is 0.166. The van der Waals surface area contributed by atoms with Crippen molar-refractivity contribution in [3.05, 3.63) is 30.3 Å². The van der Waals surface area contributed by atoms with Crippen molar-refractivity contribution in [3.8, 4) is 0 Å². The minimum atomic E-state index is -0.919. The summed E-state index contributed by atoms with van der Waals surface area (Å²) in [6.07, 6.45) is 0. The number of carboxylic acid groups (broad SMARTS) is 1. The monoisotopic (exact) mass is 245 g/mol. The molecule has 0 saturated carbocycles. The van der Waals surface area contributed by atoms with Crippen molar-refractivity contribution in [2.45, 2.75) is 11.4 Å². The van der Waals surface area contributed by atoms with E-state index in [1.54, 1.807) is 0 Å². The molecule has 70 valence electrons. The van der Waals surface area contributed by atoms with Crippen LogP contribution in [-0.2, 0) is 4.79 Å². The number of aliphatic carboxylic acids is 1. The molecule has 0 unspecified atom stereocenters. The number of carboxylic acids is 1. The zero-order valence-corrected chi connectivity index (χ0v) is 8.73. The van der Waals surface area contributed by atoms with Crippen molar-refractivity contribution in [3.63, 3.8) is 0 Å². The fraction of sp³-hybridized carbons (Fsp3) is 0.222. The Labute approximate surface area is 83.1 Å². The number of nitrogens with two attached hydrogens (primary N) is 1. The molecule has 0 radical (unpaired) electrons. The molecule has 0 amide bonds. The van der Waals surface area contributed by atoms with Crippen molar-refractivity contribution in [1.82, 2.24) is 0 Å². The molecule has 0 bridgehead atoms. The molecule has 3 N–H and O–H groups in total. The van der Waals surface area contributed by atoms with Gasteiger partial charge in [0.05, 0.1) is 0 Å². The number of carbonyl (C=O) groups is 1. The van der Waals surface area contributed by atoms with Crippen molar-refractivity contribution in [2.24, 2.45) is 5.73 Å². The number of hydrogen-bond acceptors (Lipinski definition) is 2. The maximum atomic E-state index is 10.4. The molecule has 1 atom stereocenters. The maximum absolute atomic E-state index is 10.4. The first-order valence-electron chi connectivity index (χ1n) is 3.86. The first-order valence-corrected chi connectivity index (χ1v) is 5.93. The summed E-state index contributed by atoms with van der Waals surface area (Å²) in [6, 6.07) is 9.10. The molecule has 0 aliphatic heterocycles. The predicted octanol–water partition coefficient (Wildman–Crippen LogP) is -0.154. The van der Waals surface area contributed by atoms with E-state index in [0.29, 0.717) is 5.32 Å². The molecule has 0 aliphatic carbocycles. The Morgan fingerprint density at radius 1 is 1.46 bits per heavy atom. The first kappa shape index (κ1) is 10.3. The van der Waals surface area contributed by atoms with Gasteiger partial charge in [-0.25, -0.2) is 0 Å². The van der Waals surface area contributed by atoms with E-state index in [4.69, 9.17) is 10.8 Å². The molecule has 0 saturated heterocycles.